The standard InChI is InChI=1S/C17H15N3O4S/c1-22-12-4-9(5-13-16(12)24-8-23-13)10-6-14(21)18-7-11-15(10)20-2-3-25-17(20)19-11/h2-5,10H,6-8H2,1H3,(H,18,21)/t10-/m1/s1. The summed E-state index contributed by atoms with van der Waals surface area (Å²) >= 11 is 1.58. The fraction of sp³-hybridized carbons (Fsp3) is 0.294. The van der Waals surface area contributed by atoms with E-state index < -0.39 is 0 Å². The van der Waals surface area contributed by atoms with Crippen LogP contribution in [0.15, 0.2) is 23.7 Å². The molecule has 0 unspecified atom stereocenters. The Balaban J connectivity index is 1.71. The van der Waals surface area contributed by atoms with E-state index in [1.807, 2.05) is 23.7 Å². The molecule has 0 aliphatic carbocycles. The Morgan fingerprint density at radius 2 is 2.32 bits per heavy atom. The molecule has 1 atom stereocenters. The largest absolute Gasteiger partial charge is 0.493 e. The number of benzene rings is 1. The molecule has 1 amide bonds. The molecule has 2 aliphatic heterocycles. The smallest absolute Gasteiger partial charge is 0.231 e. The SMILES string of the molecule is COc1cc([C@H]2CC(=O)NCc3nc4sccn4c32)cc2c1OCO2. The van der Waals surface area contributed by atoms with Crippen LogP contribution in [0.5, 0.6) is 17.2 Å². The Morgan fingerprint density at radius 3 is 3.20 bits per heavy atom. The van der Waals surface area contributed by atoms with E-state index >= 15 is 0 Å². The van der Waals surface area contributed by atoms with E-state index in [1.165, 1.54) is 0 Å². The fourth-order valence-electron chi connectivity index (χ4n) is 3.51. The van der Waals surface area contributed by atoms with Crippen molar-refractivity contribution in [2.75, 3.05) is 13.9 Å². The van der Waals surface area contributed by atoms with E-state index in [-0.39, 0.29) is 18.6 Å². The van der Waals surface area contributed by atoms with E-state index in [2.05, 4.69) is 14.7 Å². The van der Waals surface area contributed by atoms with Gasteiger partial charge in [-0.2, -0.15) is 0 Å². The van der Waals surface area contributed by atoms with Gasteiger partial charge in [-0.1, -0.05) is 0 Å². The number of fused-ring (bicyclic) bond motifs is 4. The first kappa shape index (κ1) is 14.6. The van der Waals surface area contributed by atoms with Gasteiger partial charge in [0, 0.05) is 23.9 Å². The number of methoxy groups -OCH3 is 1. The van der Waals surface area contributed by atoms with E-state index in [0.717, 1.165) is 21.9 Å². The second kappa shape index (κ2) is 5.38. The van der Waals surface area contributed by atoms with E-state index in [4.69, 9.17) is 14.2 Å². The summed E-state index contributed by atoms with van der Waals surface area (Å²) in [7, 11) is 1.60. The van der Waals surface area contributed by atoms with Crippen molar-refractivity contribution in [3.8, 4) is 17.2 Å². The Bertz CT molecular complexity index is 993. The Labute approximate surface area is 147 Å². The van der Waals surface area contributed by atoms with Gasteiger partial charge in [0.2, 0.25) is 18.4 Å². The molecule has 0 bridgehead atoms. The minimum Gasteiger partial charge on any atom is -0.493 e. The third-order valence-corrected chi connectivity index (χ3v) is 5.39. The number of rotatable bonds is 2. The number of nitrogens with zero attached hydrogens (tertiary/aromatic N) is 2. The lowest BCUT2D eigenvalue weighted by Crippen LogP contribution is -2.21. The monoisotopic (exact) mass is 357 g/mol. The van der Waals surface area contributed by atoms with Gasteiger partial charge in [-0.05, 0) is 17.7 Å². The van der Waals surface area contributed by atoms with Gasteiger partial charge in [-0.25, -0.2) is 4.98 Å². The maximum atomic E-state index is 12.3. The predicted molar refractivity (Wildman–Crippen MR) is 90.5 cm³/mol. The molecule has 0 spiro atoms. The van der Waals surface area contributed by atoms with E-state index in [1.54, 1.807) is 18.4 Å². The van der Waals surface area contributed by atoms with Crippen molar-refractivity contribution in [1.82, 2.24) is 14.7 Å². The highest BCUT2D eigenvalue weighted by atomic mass is 32.1. The lowest BCUT2D eigenvalue weighted by atomic mass is 9.91. The molecular formula is C17H15N3O4S. The van der Waals surface area contributed by atoms with Crippen LogP contribution in [-0.4, -0.2) is 29.2 Å². The minimum atomic E-state index is -0.134. The summed E-state index contributed by atoms with van der Waals surface area (Å²) < 4.78 is 18.6. The summed E-state index contributed by atoms with van der Waals surface area (Å²) in [4.78, 5) is 17.9. The van der Waals surface area contributed by atoms with Crippen LogP contribution in [0.1, 0.15) is 29.3 Å². The molecule has 1 N–H and O–H groups in total. The summed E-state index contributed by atoms with van der Waals surface area (Å²) in [5, 5.41) is 4.93. The maximum Gasteiger partial charge on any atom is 0.231 e. The maximum absolute atomic E-state index is 12.3. The number of imidazole rings is 1. The van der Waals surface area contributed by atoms with E-state index in [0.29, 0.717) is 30.2 Å². The zero-order chi connectivity index (χ0) is 17.0. The van der Waals surface area contributed by atoms with Crippen LogP contribution in [0.25, 0.3) is 4.96 Å². The number of ether oxygens (including phenoxy) is 3. The lowest BCUT2D eigenvalue weighted by Gasteiger charge is -2.17. The minimum absolute atomic E-state index is 0.00335. The van der Waals surface area contributed by atoms with Gasteiger partial charge in [0.05, 0.1) is 25.0 Å². The molecule has 128 valence electrons. The third-order valence-electron chi connectivity index (χ3n) is 4.63. The molecule has 4 heterocycles. The Kier molecular flexibility index (Phi) is 3.14. The topological polar surface area (TPSA) is 74.1 Å². The molecule has 0 saturated carbocycles. The molecule has 2 aromatic heterocycles. The Morgan fingerprint density at radius 1 is 1.40 bits per heavy atom. The number of hydrogen-bond donors (Lipinski definition) is 1. The van der Waals surface area contributed by atoms with Crippen LogP contribution >= 0.6 is 11.3 Å². The van der Waals surface area contributed by atoms with Crippen molar-refractivity contribution in [1.29, 1.82) is 0 Å². The van der Waals surface area contributed by atoms with Gasteiger partial charge in [-0.3, -0.25) is 9.20 Å². The Hall–Kier alpha value is -2.74. The summed E-state index contributed by atoms with van der Waals surface area (Å²) in [6, 6.07) is 3.86. The summed E-state index contributed by atoms with van der Waals surface area (Å²) in [6.45, 7) is 0.619. The van der Waals surface area contributed by atoms with Crippen LogP contribution in [-0.2, 0) is 11.3 Å². The molecule has 0 radical (unpaired) electrons. The van der Waals surface area contributed by atoms with E-state index in [9.17, 15) is 4.79 Å². The number of carbonyl (C=O) groups is 1. The lowest BCUT2D eigenvalue weighted by molar-refractivity contribution is -0.121. The van der Waals surface area contributed by atoms with Crippen molar-refractivity contribution < 1.29 is 19.0 Å². The summed E-state index contributed by atoms with van der Waals surface area (Å²) in [5.41, 5.74) is 2.89. The van der Waals surface area contributed by atoms with Crippen LogP contribution in [0.2, 0.25) is 0 Å². The molecule has 3 aromatic rings. The van der Waals surface area contributed by atoms with Gasteiger partial charge in [0.25, 0.3) is 0 Å². The number of thiazole rings is 1. The zero-order valence-electron chi connectivity index (χ0n) is 13.4. The quantitative estimate of drug-likeness (QED) is 0.762. The highest BCUT2D eigenvalue weighted by Gasteiger charge is 2.31. The predicted octanol–water partition coefficient (Wildman–Crippen LogP) is 2.28. The first-order valence-corrected chi connectivity index (χ1v) is 8.81. The fourth-order valence-corrected chi connectivity index (χ4v) is 4.25. The summed E-state index contributed by atoms with van der Waals surface area (Å²) in [5.74, 6) is 1.74. The van der Waals surface area contributed by atoms with Gasteiger partial charge in [0.1, 0.15) is 0 Å². The van der Waals surface area contributed by atoms with Gasteiger partial charge in [0.15, 0.2) is 16.5 Å². The molecular weight excluding hydrogens is 342 g/mol. The molecule has 0 saturated heterocycles. The molecule has 1 aromatic carbocycles. The van der Waals surface area contributed by atoms with Crippen molar-refractivity contribution in [3.63, 3.8) is 0 Å². The zero-order valence-corrected chi connectivity index (χ0v) is 14.3. The van der Waals surface area contributed by atoms with Gasteiger partial charge >= 0.3 is 0 Å². The van der Waals surface area contributed by atoms with Gasteiger partial charge < -0.3 is 19.5 Å². The summed E-state index contributed by atoms with van der Waals surface area (Å²) in [6.07, 6.45) is 2.35. The highest BCUT2D eigenvalue weighted by Crippen LogP contribution is 2.45. The highest BCUT2D eigenvalue weighted by molar-refractivity contribution is 7.15. The third kappa shape index (κ3) is 2.17. The number of nitrogens with one attached hydrogen (secondary N) is 1. The molecule has 25 heavy (non-hydrogen) atoms. The molecule has 7 nitrogen and oxygen atoms in total. The van der Waals surface area contributed by atoms with Crippen molar-refractivity contribution in [2.24, 2.45) is 0 Å². The number of hydrogen-bond acceptors (Lipinski definition) is 6. The number of amides is 1. The molecule has 0 fully saturated rings. The van der Waals surface area contributed by atoms with Gasteiger partial charge in [-0.15, -0.1) is 11.3 Å². The second-order valence-electron chi connectivity index (χ2n) is 5.99. The van der Waals surface area contributed by atoms with Crippen molar-refractivity contribution >= 4 is 22.2 Å². The second-order valence-corrected chi connectivity index (χ2v) is 6.86. The van der Waals surface area contributed by atoms with Crippen LogP contribution in [0.3, 0.4) is 0 Å². The average molecular weight is 357 g/mol. The first-order valence-electron chi connectivity index (χ1n) is 7.93. The van der Waals surface area contributed by atoms with Crippen molar-refractivity contribution in [3.05, 3.63) is 40.7 Å². The molecule has 8 heteroatoms. The normalized spacial score (nSPS) is 18.8. The molecule has 2 aliphatic rings. The first-order chi connectivity index (χ1) is 12.2. The number of carbonyl (C=O) groups excluding carboxylic acids is 1. The van der Waals surface area contributed by atoms with Crippen molar-refractivity contribution in [2.45, 2.75) is 18.9 Å². The number of aromatic nitrogens is 2. The van der Waals surface area contributed by atoms with Crippen LogP contribution < -0.4 is 19.5 Å². The molecule has 5 rings (SSSR count). The average Bonchev–Trinajstić information content (AvgIpc) is 3.30. The van der Waals surface area contributed by atoms with Crippen LogP contribution in [0, 0.1) is 0 Å². The van der Waals surface area contributed by atoms with Crippen LogP contribution in [0.4, 0.5) is 0 Å².